The van der Waals surface area contributed by atoms with Crippen LogP contribution in [0.15, 0.2) is 24.8 Å². The van der Waals surface area contributed by atoms with E-state index in [2.05, 4.69) is 24.8 Å². The van der Waals surface area contributed by atoms with Crippen molar-refractivity contribution in [1.82, 2.24) is 19.5 Å². The van der Waals surface area contributed by atoms with E-state index in [1.165, 1.54) is 36.3 Å². The van der Waals surface area contributed by atoms with Gasteiger partial charge in [-0.3, -0.25) is 9.09 Å². The second kappa shape index (κ2) is 8.99. The number of aromatic nitrogens is 4. The van der Waals surface area contributed by atoms with Crippen LogP contribution < -0.4 is 5.32 Å². The number of aliphatic hydroxyl groups excluding tert-OH is 2. The first kappa shape index (κ1) is 23.6. The summed E-state index contributed by atoms with van der Waals surface area (Å²) in [5.41, 5.74) is 0.678. The summed E-state index contributed by atoms with van der Waals surface area (Å²) < 4.78 is 50.1. The third kappa shape index (κ3) is 4.73. The molecule has 5 N–H and O–H groups in total. The number of hydrogen-bond acceptors (Lipinski definition) is 9. The van der Waals surface area contributed by atoms with Gasteiger partial charge in [-0.25, -0.2) is 28.3 Å². The Morgan fingerprint density at radius 2 is 1.94 bits per heavy atom. The van der Waals surface area contributed by atoms with Crippen molar-refractivity contribution < 1.29 is 42.6 Å². The minimum absolute atomic E-state index is 0.0786. The maximum Gasteiger partial charge on any atom is 0.469 e. The Bertz CT molecular complexity index is 1220. The lowest BCUT2D eigenvalue weighted by Gasteiger charge is -2.16. The summed E-state index contributed by atoms with van der Waals surface area (Å²) in [7, 11) is -4.80. The van der Waals surface area contributed by atoms with Gasteiger partial charge in [0.05, 0.1) is 12.9 Å². The fraction of sp³-hybridized carbons (Fsp3) is 0.389. The molecule has 1 aliphatic rings. The number of nitrogens with zero attached hydrogens (tertiary/aromatic N) is 4. The monoisotopic (exact) mass is 487 g/mol. The molecular formula is C18H20F2N5O7P. The van der Waals surface area contributed by atoms with Crippen LogP contribution in [0.4, 0.5) is 14.6 Å². The number of ether oxygens (including phenoxy) is 1. The van der Waals surface area contributed by atoms with Crippen LogP contribution in [0.1, 0.15) is 17.4 Å². The molecule has 12 nitrogen and oxygen atoms in total. The first-order chi connectivity index (χ1) is 15.6. The smallest absolute Gasteiger partial charge is 0.387 e. The van der Waals surface area contributed by atoms with E-state index in [1.807, 2.05) is 0 Å². The number of aryl methyl sites for hydroxylation is 1. The molecule has 4 atom stereocenters. The molecule has 0 aliphatic carbocycles. The topological polar surface area (TPSA) is 172 Å². The lowest BCUT2D eigenvalue weighted by molar-refractivity contribution is -0.0504. The average molecular weight is 487 g/mol. The van der Waals surface area contributed by atoms with Crippen LogP contribution in [-0.4, -0.2) is 64.4 Å². The van der Waals surface area contributed by atoms with E-state index in [4.69, 9.17) is 14.5 Å². The number of anilines is 1. The summed E-state index contributed by atoms with van der Waals surface area (Å²) in [6.07, 6.45) is -2.96. The van der Waals surface area contributed by atoms with Gasteiger partial charge in [0.25, 0.3) is 0 Å². The number of rotatable bonds is 7. The Balaban J connectivity index is 1.55. The summed E-state index contributed by atoms with van der Waals surface area (Å²) in [6, 6.07) is 2.90. The maximum absolute atomic E-state index is 14.1. The lowest BCUT2D eigenvalue weighted by Crippen LogP contribution is -2.33. The Kier molecular flexibility index (Phi) is 6.42. The number of benzene rings is 1. The molecule has 1 aromatic carbocycles. The fourth-order valence-corrected chi connectivity index (χ4v) is 3.78. The molecule has 3 aromatic rings. The predicted octanol–water partition coefficient (Wildman–Crippen LogP) is 0.754. The summed E-state index contributed by atoms with van der Waals surface area (Å²) in [4.78, 5) is 30.0. The van der Waals surface area contributed by atoms with Gasteiger partial charge in [-0.05, 0) is 12.5 Å². The van der Waals surface area contributed by atoms with Gasteiger partial charge in [0.15, 0.2) is 34.8 Å². The highest BCUT2D eigenvalue weighted by molar-refractivity contribution is 7.46. The number of hydrogen-bond donors (Lipinski definition) is 5. The van der Waals surface area contributed by atoms with Gasteiger partial charge in [-0.15, -0.1) is 0 Å². The normalized spacial score (nSPS) is 23.4. The van der Waals surface area contributed by atoms with E-state index in [0.717, 1.165) is 0 Å². The highest BCUT2D eigenvalue weighted by Crippen LogP contribution is 2.39. The van der Waals surface area contributed by atoms with Crippen molar-refractivity contribution >= 4 is 24.8 Å². The van der Waals surface area contributed by atoms with E-state index < -0.39 is 50.6 Å². The van der Waals surface area contributed by atoms with E-state index >= 15 is 0 Å². The molecule has 0 radical (unpaired) electrons. The number of halogens is 2. The SMILES string of the molecule is Cc1ccc(CNc2ncnc3c2ncn3[C@@H]2O[C@H](COP(=O)(O)O)[C@@H](O)[C@H]2O)c(F)c1F. The summed E-state index contributed by atoms with van der Waals surface area (Å²) >= 11 is 0. The highest BCUT2D eigenvalue weighted by atomic mass is 31.2. The Morgan fingerprint density at radius 1 is 1.18 bits per heavy atom. The van der Waals surface area contributed by atoms with Crippen molar-refractivity contribution in [3.05, 3.63) is 47.5 Å². The van der Waals surface area contributed by atoms with Gasteiger partial charge in [-0.1, -0.05) is 12.1 Å². The standard InChI is InChI=1S/C18H20F2N5O7P/c1-8-2-3-9(12(20)11(8)19)4-21-16-13-17(23-6-22-16)25(7-24-13)18-15(27)14(26)10(32-18)5-31-33(28,29)30/h2-3,6-7,10,14-15,18,26-27H,4-5H2,1H3,(H,21,22,23)(H2,28,29,30)/t10-,14-,15-,18-/m1/s1. The second-order valence-electron chi connectivity index (χ2n) is 7.40. The molecule has 4 rings (SSSR count). The summed E-state index contributed by atoms with van der Waals surface area (Å²) in [5.74, 6) is -1.71. The predicted molar refractivity (Wildman–Crippen MR) is 108 cm³/mol. The van der Waals surface area contributed by atoms with Crippen LogP contribution >= 0.6 is 7.82 Å². The van der Waals surface area contributed by atoms with Crippen LogP contribution in [0.3, 0.4) is 0 Å². The number of phosphoric ester groups is 1. The van der Waals surface area contributed by atoms with Crippen molar-refractivity contribution in [2.24, 2.45) is 0 Å². The van der Waals surface area contributed by atoms with Crippen LogP contribution in [0.2, 0.25) is 0 Å². The minimum Gasteiger partial charge on any atom is -0.387 e. The zero-order valence-electron chi connectivity index (χ0n) is 17.0. The van der Waals surface area contributed by atoms with Gasteiger partial charge < -0.3 is 30.1 Å². The number of fused-ring (bicyclic) bond motifs is 1. The van der Waals surface area contributed by atoms with Gasteiger partial charge >= 0.3 is 7.82 Å². The van der Waals surface area contributed by atoms with Crippen LogP contribution in [0.5, 0.6) is 0 Å². The molecule has 0 spiro atoms. The maximum atomic E-state index is 14.1. The highest BCUT2D eigenvalue weighted by Gasteiger charge is 2.45. The molecule has 15 heteroatoms. The average Bonchev–Trinajstić information content (AvgIpc) is 3.31. The van der Waals surface area contributed by atoms with Crippen molar-refractivity contribution in [3.8, 4) is 0 Å². The van der Waals surface area contributed by atoms with Gasteiger partial charge in [-0.2, -0.15) is 0 Å². The summed E-state index contributed by atoms with van der Waals surface area (Å²) in [6.45, 7) is 0.701. The van der Waals surface area contributed by atoms with Gasteiger partial charge in [0.2, 0.25) is 0 Å². The van der Waals surface area contributed by atoms with Crippen molar-refractivity contribution in [1.29, 1.82) is 0 Å². The van der Waals surface area contributed by atoms with Crippen molar-refractivity contribution in [2.45, 2.75) is 38.0 Å². The Hall–Kier alpha value is -2.58. The van der Waals surface area contributed by atoms with Crippen molar-refractivity contribution in [2.75, 3.05) is 11.9 Å². The Labute approximate surface area is 185 Å². The van der Waals surface area contributed by atoms with E-state index in [0.29, 0.717) is 0 Å². The first-order valence-corrected chi connectivity index (χ1v) is 11.2. The fourth-order valence-electron chi connectivity index (χ4n) is 3.44. The molecule has 33 heavy (non-hydrogen) atoms. The second-order valence-corrected chi connectivity index (χ2v) is 8.64. The summed E-state index contributed by atoms with van der Waals surface area (Å²) in [5, 5.41) is 23.4. The van der Waals surface area contributed by atoms with Crippen LogP contribution in [-0.2, 0) is 20.4 Å². The largest absolute Gasteiger partial charge is 0.469 e. The molecule has 0 amide bonds. The quantitative estimate of drug-likeness (QED) is 0.298. The molecule has 1 saturated heterocycles. The number of imidazole rings is 1. The van der Waals surface area contributed by atoms with Gasteiger partial charge in [0.1, 0.15) is 24.6 Å². The molecule has 3 heterocycles. The van der Waals surface area contributed by atoms with Crippen molar-refractivity contribution in [3.63, 3.8) is 0 Å². The molecule has 1 aliphatic heterocycles. The first-order valence-electron chi connectivity index (χ1n) is 9.63. The molecule has 2 aromatic heterocycles. The van der Waals surface area contributed by atoms with E-state index in [9.17, 15) is 23.6 Å². The van der Waals surface area contributed by atoms with Crippen LogP contribution in [0, 0.1) is 18.6 Å². The van der Waals surface area contributed by atoms with E-state index in [1.54, 1.807) is 0 Å². The lowest BCUT2D eigenvalue weighted by atomic mass is 10.1. The number of nitrogens with one attached hydrogen (secondary N) is 1. The zero-order chi connectivity index (χ0) is 23.9. The van der Waals surface area contributed by atoms with Crippen LogP contribution in [0.25, 0.3) is 11.2 Å². The molecule has 0 bridgehead atoms. The zero-order valence-corrected chi connectivity index (χ0v) is 17.9. The molecular weight excluding hydrogens is 467 g/mol. The molecule has 0 saturated carbocycles. The Morgan fingerprint density at radius 3 is 2.67 bits per heavy atom. The van der Waals surface area contributed by atoms with Gasteiger partial charge in [0, 0.05) is 12.1 Å². The third-order valence-corrected chi connectivity index (χ3v) is 5.66. The number of aliphatic hydroxyl groups is 2. The van der Waals surface area contributed by atoms with E-state index in [-0.39, 0.29) is 34.7 Å². The molecule has 178 valence electrons. The minimum atomic E-state index is -4.80. The number of phosphoric acid groups is 1. The third-order valence-electron chi connectivity index (χ3n) is 5.18. The molecule has 1 fully saturated rings. The molecule has 0 unspecified atom stereocenters.